The van der Waals surface area contributed by atoms with Crippen molar-refractivity contribution in [3.63, 3.8) is 0 Å². The lowest BCUT2D eigenvalue weighted by Gasteiger charge is -2.21. The van der Waals surface area contributed by atoms with Gasteiger partial charge in [0.25, 0.3) is 5.91 Å². The van der Waals surface area contributed by atoms with Gasteiger partial charge in [-0.2, -0.15) is 18.4 Å². The summed E-state index contributed by atoms with van der Waals surface area (Å²) in [5.41, 5.74) is 0.0686. The third-order valence-corrected chi connectivity index (χ3v) is 6.21. The number of carbonyl (C=O) groups excluding carboxylic acids is 1. The Bertz CT molecular complexity index is 1420. The number of benzene rings is 3. The number of alkyl halides is 3. The molecule has 0 spiro atoms. The topological polar surface area (TPSA) is 77.0 Å². The maximum absolute atomic E-state index is 14.9. The largest absolute Gasteiger partial charge is 0.415 e. The molecule has 0 bridgehead atoms. The first kappa shape index (κ1) is 27.6. The molecule has 1 saturated carbocycles. The van der Waals surface area contributed by atoms with Crippen LogP contribution in [0.15, 0.2) is 96.7 Å². The fourth-order valence-corrected chi connectivity index (χ4v) is 3.92. The second kappa shape index (κ2) is 12.0. The average molecular weight is 535 g/mol. The molecule has 1 aliphatic rings. The Morgan fingerprint density at radius 3 is 2.44 bits per heavy atom. The first-order valence-electron chi connectivity index (χ1n) is 12.3. The number of hydrogen-bond donors (Lipinski definition) is 3. The molecule has 1 fully saturated rings. The molecular weight excluding hydrogens is 508 g/mol. The van der Waals surface area contributed by atoms with Gasteiger partial charge in [-0.1, -0.05) is 49.0 Å². The molecule has 1 amide bonds. The van der Waals surface area contributed by atoms with E-state index in [1.807, 2.05) is 36.4 Å². The summed E-state index contributed by atoms with van der Waals surface area (Å²) in [5.74, 6) is -1.18. The van der Waals surface area contributed by atoms with Gasteiger partial charge in [0.1, 0.15) is 11.5 Å². The zero-order chi connectivity index (χ0) is 28.0. The molecule has 1 aliphatic carbocycles. The average Bonchev–Trinajstić information content (AvgIpc) is 3.75. The van der Waals surface area contributed by atoms with Crippen LogP contribution in [0.1, 0.15) is 35.6 Å². The zero-order valence-electron chi connectivity index (χ0n) is 20.9. The lowest BCUT2D eigenvalue weighted by Crippen LogP contribution is -2.25. The number of nitrogens with zero attached hydrogens (tertiary/aromatic N) is 1. The molecule has 3 aromatic rings. The van der Waals surface area contributed by atoms with Gasteiger partial charge in [-0.05, 0) is 72.8 Å². The molecule has 0 aromatic heterocycles. The van der Waals surface area contributed by atoms with E-state index >= 15 is 0 Å². The first-order chi connectivity index (χ1) is 18.6. The van der Waals surface area contributed by atoms with Crippen molar-refractivity contribution in [2.45, 2.75) is 25.1 Å². The maximum atomic E-state index is 14.9. The summed E-state index contributed by atoms with van der Waals surface area (Å²) in [6.45, 7) is 3.78. The summed E-state index contributed by atoms with van der Waals surface area (Å²) in [6, 6.07) is 21.3. The van der Waals surface area contributed by atoms with Crippen LogP contribution in [0, 0.1) is 23.1 Å². The van der Waals surface area contributed by atoms with Gasteiger partial charge in [-0.15, -0.1) is 0 Å². The summed E-state index contributed by atoms with van der Waals surface area (Å²) < 4.78 is 54.6. The van der Waals surface area contributed by atoms with Crippen LogP contribution in [0.4, 0.5) is 28.9 Å². The van der Waals surface area contributed by atoms with E-state index in [2.05, 4.69) is 22.5 Å². The molecule has 9 heteroatoms. The number of anilines is 2. The van der Waals surface area contributed by atoms with Gasteiger partial charge in [-0.3, -0.25) is 4.79 Å². The van der Waals surface area contributed by atoms with Crippen LogP contribution in [0.3, 0.4) is 0 Å². The SMILES string of the molecule is C=C(/C=C(\Nc1cccc(C#N)c1)C(=O)Nc1cc(C(NCC2CC2)c2ccccc2)ccc1F)C(F)(F)F. The number of hydrogen-bond acceptors (Lipinski definition) is 4. The van der Waals surface area contributed by atoms with E-state index in [-0.39, 0.29) is 23.0 Å². The highest BCUT2D eigenvalue weighted by Gasteiger charge is 2.31. The molecule has 0 radical (unpaired) electrons. The highest BCUT2D eigenvalue weighted by molar-refractivity contribution is 6.06. The van der Waals surface area contributed by atoms with Gasteiger partial charge in [0.2, 0.25) is 0 Å². The Kier molecular flexibility index (Phi) is 8.47. The second-order valence-electron chi connectivity index (χ2n) is 9.29. The van der Waals surface area contributed by atoms with Crippen molar-refractivity contribution in [2.75, 3.05) is 17.2 Å². The van der Waals surface area contributed by atoms with Crippen molar-refractivity contribution in [1.29, 1.82) is 5.26 Å². The van der Waals surface area contributed by atoms with E-state index < -0.39 is 29.2 Å². The van der Waals surface area contributed by atoms with Gasteiger partial charge in [-0.25, -0.2) is 4.39 Å². The highest BCUT2D eigenvalue weighted by Crippen LogP contribution is 2.32. The predicted octanol–water partition coefficient (Wildman–Crippen LogP) is 6.84. The molecule has 0 heterocycles. The smallest absolute Gasteiger partial charge is 0.351 e. The van der Waals surface area contributed by atoms with E-state index in [4.69, 9.17) is 5.26 Å². The first-order valence-corrected chi connectivity index (χ1v) is 12.3. The molecule has 200 valence electrons. The van der Waals surface area contributed by atoms with Crippen molar-refractivity contribution in [3.8, 4) is 6.07 Å². The third-order valence-electron chi connectivity index (χ3n) is 6.21. The minimum Gasteiger partial charge on any atom is -0.351 e. The molecule has 0 aliphatic heterocycles. The highest BCUT2D eigenvalue weighted by atomic mass is 19.4. The van der Waals surface area contributed by atoms with E-state index in [1.165, 1.54) is 36.4 Å². The monoisotopic (exact) mass is 534 g/mol. The molecule has 4 rings (SSSR count). The fourth-order valence-electron chi connectivity index (χ4n) is 3.92. The number of carbonyl (C=O) groups is 1. The minimum atomic E-state index is -4.79. The number of nitriles is 1. The van der Waals surface area contributed by atoms with Gasteiger partial charge in [0.05, 0.1) is 28.9 Å². The molecule has 39 heavy (non-hydrogen) atoms. The Hall–Kier alpha value is -4.42. The van der Waals surface area contributed by atoms with Gasteiger partial charge in [0.15, 0.2) is 0 Å². The molecule has 5 nitrogen and oxygen atoms in total. The maximum Gasteiger partial charge on any atom is 0.415 e. The van der Waals surface area contributed by atoms with E-state index in [0.29, 0.717) is 17.6 Å². The second-order valence-corrected chi connectivity index (χ2v) is 9.29. The van der Waals surface area contributed by atoms with Crippen molar-refractivity contribution in [3.05, 3.63) is 119 Å². The van der Waals surface area contributed by atoms with Crippen LogP contribution in [-0.2, 0) is 4.79 Å². The van der Waals surface area contributed by atoms with E-state index in [1.54, 1.807) is 6.07 Å². The van der Waals surface area contributed by atoms with Crippen LogP contribution < -0.4 is 16.0 Å². The number of rotatable bonds is 10. The summed E-state index contributed by atoms with van der Waals surface area (Å²) in [5, 5.41) is 17.6. The molecule has 0 saturated heterocycles. The summed E-state index contributed by atoms with van der Waals surface area (Å²) >= 11 is 0. The van der Waals surface area contributed by atoms with Gasteiger partial charge >= 0.3 is 6.18 Å². The Morgan fingerprint density at radius 1 is 1.03 bits per heavy atom. The fraction of sp³-hybridized carbons (Fsp3) is 0.200. The van der Waals surface area contributed by atoms with E-state index in [9.17, 15) is 22.4 Å². The van der Waals surface area contributed by atoms with Gasteiger partial charge in [0, 0.05) is 5.69 Å². The lowest BCUT2D eigenvalue weighted by atomic mass is 9.97. The third kappa shape index (κ3) is 7.55. The number of halogens is 4. The zero-order valence-corrected chi connectivity index (χ0v) is 20.9. The standard InChI is InChI=1S/C30H26F4N4O/c1-19(30(32,33)34)14-27(37-24-9-5-6-21(15-24)17-35)29(39)38-26-16-23(12-13-25(26)31)28(36-18-20-10-11-20)22-7-3-2-4-8-22/h2-9,12-16,20,28,36-37H,1,10-11,18H2,(H,38,39)/b27-14-. The van der Waals surface area contributed by atoms with Crippen molar-refractivity contribution in [2.24, 2.45) is 5.92 Å². The van der Waals surface area contributed by atoms with Crippen LogP contribution >= 0.6 is 0 Å². The molecule has 1 atom stereocenters. The summed E-state index contributed by atoms with van der Waals surface area (Å²) in [6.07, 6.45) is -1.97. The van der Waals surface area contributed by atoms with Crippen LogP contribution in [0.2, 0.25) is 0 Å². The van der Waals surface area contributed by atoms with Crippen LogP contribution in [0.5, 0.6) is 0 Å². The van der Waals surface area contributed by atoms with Crippen LogP contribution in [0.25, 0.3) is 0 Å². The molecule has 1 unspecified atom stereocenters. The Labute approximate surface area is 223 Å². The predicted molar refractivity (Wildman–Crippen MR) is 142 cm³/mol. The molecule has 3 aromatic carbocycles. The Morgan fingerprint density at radius 2 is 1.77 bits per heavy atom. The number of allylic oxidation sites excluding steroid dienone is 2. The molecular formula is C30H26F4N4O. The summed E-state index contributed by atoms with van der Waals surface area (Å²) in [4.78, 5) is 13.2. The quantitative estimate of drug-likeness (QED) is 0.151. The Balaban J connectivity index is 1.63. The lowest BCUT2D eigenvalue weighted by molar-refractivity contribution is -0.112. The van der Waals surface area contributed by atoms with Crippen molar-refractivity contribution < 1.29 is 22.4 Å². The van der Waals surface area contributed by atoms with Crippen molar-refractivity contribution in [1.82, 2.24) is 5.32 Å². The van der Waals surface area contributed by atoms with Crippen LogP contribution in [-0.4, -0.2) is 18.6 Å². The molecule has 3 N–H and O–H groups in total. The van der Waals surface area contributed by atoms with Crippen molar-refractivity contribution >= 4 is 17.3 Å². The number of nitrogens with one attached hydrogen (secondary N) is 3. The van der Waals surface area contributed by atoms with E-state index in [0.717, 1.165) is 24.9 Å². The number of amides is 1. The minimum absolute atomic E-state index is 0.192. The summed E-state index contributed by atoms with van der Waals surface area (Å²) in [7, 11) is 0. The normalized spacial score (nSPS) is 14.3. The van der Waals surface area contributed by atoms with Gasteiger partial charge < -0.3 is 16.0 Å².